The monoisotopic (exact) mass is 655 g/mol. The van der Waals surface area contributed by atoms with Crippen molar-refractivity contribution in [2.24, 2.45) is 34.1 Å². The van der Waals surface area contributed by atoms with Gasteiger partial charge in [0.25, 0.3) is 5.91 Å². The Morgan fingerprint density at radius 3 is 2.52 bits per heavy atom. The molecule has 2 saturated carbocycles. The molecule has 2 aliphatic carbocycles. The van der Waals surface area contributed by atoms with Crippen molar-refractivity contribution in [3.8, 4) is 0 Å². The van der Waals surface area contributed by atoms with E-state index < -0.39 is 52.6 Å². The van der Waals surface area contributed by atoms with Gasteiger partial charge >= 0.3 is 0 Å². The summed E-state index contributed by atoms with van der Waals surface area (Å²) >= 11 is 6.22. The zero-order chi connectivity index (χ0) is 33.4. The zero-order valence-corrected chi connectivity index (χ0v) is 27.9. The molecule has 46 heavy (non-hydrogen) atoms. The number of carbonyl (C=O) groups excluding carboxylic acids is 5. The average Bonchev–Trinajstić information content (AvgIpc) is 3.79. The first kappa shape index (κ1) is 33.9. The summed E-state index contributed by atoms with van der Waals surface area (Å²) in [4.78, 5) is 73.5. The van der Waals surface area contributed by atoms with Crippen molar-refractivity contribution in [1.29, 1.82) is 0 Å². The molecule has 4 aliphatic rings. The molecule has 1 aromatic rings. The molecule has 4 N–H and O–H groups in total. The second kappa shape index (κ2) is 13.3. The van der Waals surface area contributed by atoms with E-state index in [0.717, 1.165) is 18.4 Å². The molecule has 11 nitrogen and oxygen atoms in total. The Balaban J connectivity index is 1.39. The van der Waals surface area contributed by atoms with Crippen molar-refractivity contribution in [1.82, 2.24) is 15.5 Å². The number of nitrogens with two attached hydrogens (primary N) is 1. The Morgan fingerprint density at radius 1 is 1.15 bits per heavy atom. The predicted molar refractivity (Wildman–Crippen MR) is 173 cm³/mol. The molecule has 5 rings (SSSR count). The summed E-state index contributed by atoms with van der Waals surface area (Å²) in [5, 5.41) is 10.6. The number of carbonyl (C=O) groups is 5. The third kappa shape index (κ3) is 7.24. The van der Waals surface area contributed by atoms with Crippen LogP contribution in [0.2, 0.25) is 5.02 Å². The normalized spacial score (nSPS) is 28.0. The number of benzene rings is 1. The first-order chi connectivity index (χ1) is 21.7. The summed E-state index contributed by atoms with van der Waals surface area (Å²) < 4.78 is 0. The van der Waals surface area contributed by atoms with Gasteiger partial charge in [-0.3, -0.25) is 24.0 Å². The van der Waals surface area contributed by atoms with Crippen LogP contribution in [0.5, 0.6) is 0 Å². The molecule has 4 amide bonds. The number of primary amides is 1. The summed E-state index contributed by atoms with van der Waals surface area (Å²) in [6.07, 6.45) is 6.15. The third-order valence-corrected chi connectivity index (χ3v) is 10.4. The Morgan fingerprint density at radius 2 is 1.91 bits per heavy atom. The zero-order valence-electron chi connectivity index (χ0n) is 27.1. The highest BCUT2D eigenvalue weighted by molar-refractivity contribution is 6.37. The van der Waals surface area contributed by atoms with Crippen molar-refractivity contribution in [2.75, 3.05) is 6.54 Å². The van der Waals surface area contributed by atoms with E-state index in [9.17, 15) is 24.0 Å². The van der Waals surface area contributed by atoms with Gasteiger partial charge in [-0.15, -0.1) is 0 Å². The highest BCUT2D eigenvalue weighted by Crippen LogP contribution is 2.49. The lowest BCUT2D eigenvalue weighted by Crippen LogP contribution is -2.59. The van der Waals surface area contributed by atoms with Crippen LogP contribution in [0.3, 0.4) is 0 Å². The molecule has 2 bridgehead atoms. The number of ketones is 1. The van der Waals surface area contributed by atoms with E-state index in [-0.39, 0.29) is 25.3 Å². The predicted octanol–water partition coefficient (Wildman–Crippen LogP) is 3.50. The van der Waals surface area contributed by atoms with Crippen molar-refractivity contribution in [2.45, 2.75) is 109 Å². The van der Waals surface area contributed by atoms with Gasteiger partial charge in [0.1, 0.15) is 12.1 Å². The lowest BCUT2D eigenvalue weighted by molar-refractivity contribution is -0.145. The molecule has 2 heterocycles. The van der Waals surface area contributed by atoms with Crippen LogP contribution < -0.4 is 16.4 Å². The fourth-order valence-corrected chi connectivity index (χ4v) is 8.04. The first-order valence-corrected chi connectivity index (χ1v) is 16.8. The van der Waals surface area contributed by atoms with Crippen LogP contribution in [-0.2, 0) is 28.8 Å². The number of hydrogen-bond acceptors (Lipinski definition) is 7. The van der Waals surface area contributed by atoms with E-state index in [4.69, 9.17) is 22.2 Å². The van der Waals surface area contributed by atoms with Crippen molar-refractivity contribution in [3.63, 3.8) is 0 Å². The highest BCUT2D eigenvalue weighted by Gasteiger charge is 2.55. The van der Waals surface area contributed by atoms with E-state index >= 15 is 0 Å². The van der Waals surface area contributed by atoms with Crippen molar-refractivity contribution >= 4 is 46.7 Å². The fourth-order valence-electron chi connectivity index (χ4n) is 7.85. The molecular formula is C34H46ClN5O6. The minimum atomic E-state index is -1.14. The molecule has 12 heteroatoms. The van der Waals surface area contributed by atoms with Crippen molar-refractivity contribution in [3.05, 3.63) is 34.9 Å². The van der Waals surface area contributed by atoms with Crippen LogP contribution in [0.15, 0.2) is 29.4 Å². The maximum Gasteiger partial charge on any atom is 0.287 e. The molecule has 0 aromatic heterocycles. The lowest BCUT2D eigenvalue weighted by atomic mass is 9.84. The Bertz CT molecular complexity index is 1420. The van der Waals surface area contributed by atoms with Gasteiger partial charge in [0.15, 0.2) is 5.60 Å². The largest absolute Gasteiger partial charge is 0.387 e. The molecule has 0 radical (unpaired) electrons. The van der Waals surface area contributed by atoms with Crippen LogP contribution in [-0.4, -0.2) is 70.3 Å². The van der Waals surface area contributed by atoms with Crippen molar-refractivity contribution < 1.29 is 28.8 Å². The first-order valence-electron chi connectivity index (χ1n) is 16.4. The number of amides is 4. The number of nitrogens with zero attached hydrogens (tertiary/aromatic N) is 2. The second-order valence-corrected chi connectivity index (χ2v) is 15.2. The van der Waals surface area contributed by atoms with Gasteiger partial charge in [0.05, 0.1) is 18.3 Å². The molecule has 1 spiro atoms. The van der Waals surface area contributed by atoms with Crippen LogP contribution in [0.4, 0.5) is 0 Å². The fraction of sp³-hybridized carbons (Fsp3) is 0.647. The minimum absolute atomic E-state index is 0.0362. The average molecular weight is 656 g/mol. The molecule has 1 aromatic carbocycles. The minimum Gasteiger partial charge on any atom is -0.387 e. The van der Waals surface area contributed by atoms with Crippen LogP contribution in [0.25, 0.3) is 0 Å². The van der Waals surface area contributed by atoms with E-state index in [1.54, 1.807) is 12.1 Å². The van der Waals surface area contributed by atoms with E-state index in [1.165, 1.54) is 17.7 Å². The van der Waals surface area contributed by atoms with Crippen LogP contribution in [0.1, 0.15) is 91.0 Å². The van der Waals surface area contributed by atoms with Gasteiger partial charge in [-0.25, -0.2) is 0 Å². The van der Waals surface area contributed by atoms with E-state index in [2.05, 4.69) is 15.8 Å². The topological polar surface area (TPSA) is 160 Å². The van der Waals surface area contributed by atoms with Crippen LogP contribution in [0, 0.1) is 23.2 Å². The quantitative estimate of drug-likeness (QED) is 0.309. The number of rotatable bonds is 11. The Labute approximate surface area is 275 Å². The molecule has 2 aliphatic heterocycles. The Kier molecular flexibility index (Phi) is 9.82. The SMILES string of the molecule is CCC[C@H](NC(=O)[C@@H]1C[C@]2(CC(c3cccc(Cl)c3)=NO2)CN1C(=O)[C@@H](NC(=O)CC1CC2CCC1C2)C(C)(C)C)C(=O)C(N)=O. The molecule has 1 saturated heterocycles. The highest BCUT2D eigenvalue weighted by atomic mass is 35.5. The number of hydrogen-bond donors (Lipinski definition) is 3. The van der Waals surface area contributed by atoms with Gasteiger partial charge < -0.3 is 26.1 Å². The standard InChI is InChI=1S/C34H46ClN5O6/c1-5-7-24(28(42)30(36)43)37-31(44)26-17-34(16-25(39-46-34)21-8-6-9-23(35)14-21)18-40(26)32(45)29(33(2,3)4)38-27(41)15-22-13-19-10-11-20(22)12-19/h6,8-9,14,19-20,22,24,26,29H,5,7,10-13,15-18H2,1-4H3,(H2,36,43)(H,37,44)(H,38,41)/t19?,20?,22?,24-,26-,29+,34+/m0/s1. The number of oxime groups is 1. The van der Waals surface area contributed by atoms with E-state index in [1.807, 2.05) is 39.8 Å². The van der Waals surface area contributed by atoms with Gasteiger partial charge in [-0.05, 0) is 61.0 Å². The van der Waals surface area contributed by atoms with Gasteiger partial charge in [0.2, 0.25) is 23.5 Å². The van der Waals surface area contributed by atoms with Gasteiger partial charge in [-0.2, -0.15) is 0 Å². The maximum absolute atomic E-state index is 14.5. The van der Waals surface area contributed by atoms with E-state index in [0.29, 0.717) is 47.8 Å². The molecular weight excluding hydrogens is 610 g/mol. The number of Topliss-reactive ketones (excluding diaryl/α,β-unsaturated/α-hetero) is 1. The number of halogens is 1. The molecule has 3 unspecified atom stereocenters. The summed E-state index contributed by atoms with van der Waals surface area (Å²) in [5.74, 6) is -1.62. The van der Waals surface area contributed by atoms with Gasteiger partial charge in [-0.1, -0.05) is 69.4 Å². The maximum atomic E-state index is 14.5. The lowest BCUT2D eigenvalue weighted by Gasteiger charge is -2.36. The second-order valence-electron chi connectivity index (χ2n) is 14.8. The number of fused-ring (bicyclic) bond motifs is 2. The molecule has 7 atom stereocenters. The third-order valence-electron chi connectivity index (χ3n) is 10.2. The summed E-state index contributed by atoms with van der Waals surface area (Å²) in [6, 6.07) is 4.12. The van der Waals surface area contributed by atoms with Gasteiger partial charge in [0, 0.05) is 29.8 Å². The molecule has 3 fully saturated rings. The van der Waals surface area contributed by atoms with Crippen LogP contribution >= 0.6 is 11.6 Å². The summed E-state index contributed by atoms with van der Waals surface area (Å²) in [6.45, 7) is 7.49. The number of likely N-dealkylation sites (tertiary alicyclic amines) is 1. The number of nitrogens with one attached hydrogen (secondary N) is 2. The smallest absolute Gasteiger partial charge is 0.287 e. The Hall–Kier alpha value is -3.47. The summed E-state index contributed by atoms with van der Waals surface area (Å²) in [5.41, 5.74) is 4.98. The summed E-state index contributed by atoms with van der Waals surface area (Å²) in [7, 11) is 0. The molecule has 250 valence electrons.